The highest BCUT2D eigenvalue weighted by Gasteiger charge is 2.26. The van der Waals surface area contributed by atoms with Gasteiger partial charge in [-0.2, -0.15) is 0 Å². The monoisotopic (exact) mass is 536 g/mol. The van der Waals surface area contributed by atoms with Crippen LogP contribution in [0, 0.1) is 12.7 Å². The van der Waals surface area contributed by atoms with Crippen molar-refractivity contribution in [2.45, 2.75) is 32.6 Å². The third-order valence-corrected chi connectivity index (χ3v) is 7.29. The molecule has 0 radical (unpaired) electrons. The quantitative estimate of drug-likeness (QED) is 0.220. The van der Waals surface area contributed by atoms with Crippen molar-refractivity contribution in [2.75, 3.05) is 26.0 Å². The highest BCUT2D eigenvalue weighted by molar-refractivity contribution is 6.36. The van der Waals surface area contributed by atoms with Crippen molar-refractivity contribution in [1.82, 2.24) is 10.3 Å². The standard InChI is InChI=1S/C29H30ClFN4O3/c1-15-8-9-17-14-23(35-29(38-4)24(15)17)18-6-5-7-19(26(18)30)25-16(2)22(11-10-21(25)31)34-28(37)20(12-13-32)27(36)33-3/h5-7,10-12,14-15H,8-9,13,32H2,1-4H3,(H,33,36)(H,34,37)/b20-12+. The first-order valence-corrected chi connectivity index (χ1v) is 12.7. The molecule has 0 saturated heterocycles. The summed E-state index contributed by atoms with van der Waals surface area (Å²) in [5, 5.41) is 5.44. The second-order valence-corrected chi connectivity index (χ2v) is 9.56. The summed E-state index contributed by atoms with van der Waals surface area (Å²) >= 11 is 6.90. The molecule has 0 spiro atoms. The molecular formula is C29H30ClFN4O3. The van der Waals surface area contributed by atoms with Crippen molar-refractivity contribution >= 4 is 29.1 Å². The maximum Gasteiger partial charge on any atom is 0.260 e. The number of benzene rings is 2. The van der Waals surface area contributed by atoms with Gasteiger partial charge in [-0.15, -0.1) is 0 Å². The summed E-state index contributed by atoms with van der Waals surface area (Å²) < 4.78 is 20.9. The molecule has 0 aliphatic heterocycles. The van der Waals surface area contributed by atoms with Gasteiger partial charge in [0.25, 0.3) is 11.8 Å². The molecule has 1 aromatic heterocycles. The van der Waals surface area contributed by atoms with Crippen molar-refractivity contribution < 1.29 is 18.7 Å². The molecule has 198 valence electrons. The number of methoxy groups -OCH3 is 1. The molecule has 1 aliphatic rings. The molecule has 38 heavy (non-hydrogen) atoms. The van der Waals surface area contributed by atoms with Crippen LogP contribution in [0.15, 0.2) is 48.0 Å². The topological polar surface area (TPSA) is 106 Å². The number of nitrogens with one attached hydrogen (secondary N) is 2. The van der Waals surface area contributed by atoms with Gasteiger partial charge in [-0.1, -0.05) is 42.8 Å². The maximum absolute atomic E-state index is 15.3. The number of carbonyl (C=O) groups excluding carboxylic acids is 2. The zero-order valence-corrected chi connectivity index (χ0v) is 22.5. The predicted molar refractivity (Wildman–Crippen MR) is 148 cm³/mol. The van der Waals surface area contributed by atoms with Crippen LogP contribution >= 0.6 is 11.6 Å². The maximum atomic E-state index is 15.3. The fraction of sp³-hybridized carbons (Fsp3) is 0.276. The van der Waals surface area contributed by atoms with E-state index in [0.29, 0.717) is 44.9 Å². The van der Waals surface area contributed by atoms with Crippen molar-refractivity contribution in [2.24, 2.45) is 5.73 Å². The predicted octanol–water partition coefficient (Wildman–Crippen LogP) is 5.14. The van der Waals surface area contributed by atoms with Crippen molar-refractivity contribution in [3.8, 4) is 28.3 Å². The van der Waals surface area contributed by atoms with Gasteiger partial charge >= 0.3 is 0 Å². The highest BCUT2D eigenvalue weighted by atomic mass is 35.5. The Morgan fingerprint density at radius 2 is 1.97 bits per heavy atom. The van der Waals surface area contributed by atoms with Gasteiger partial charge in [0.1, 0.15) is 11.4 Å². The van der Waals surface area contributed by atoms with E-state index < -0.39 is 17.6 Å². The molecule has 1 atom stereocenters. The number of aryl methyl sites for hydroxylation is 1. The van der Waals surface area contributed by atoms with E-state index >= 15 is 4.39 Å². The summed E-state index contributed by atoms with van der Waals surface area (Å²) in [6, 6.07) is 10.1. The fourth-order valence-electron chi connectivity index (χ4n) is 4.92. The molecule has 0 bridgehead atoms. The number of nitrogens with zero attached hydrogens (tertiary/aromatic N) is 1. The number of amides is 2. The second kappa shape index (κ2) is 11.3. The molecule has 7 nitrogen and oxygen atoms in total. The van der Waals surface area contributed by atoms with Gasteiger partial charge in [0.2, 0.25) is 5.88 Å². The Labute approximate surface area is 226 Å². The molecule has 0 fully saturated rings. The van der Waals surface area contributed by atoms with E-state index in [9.17, 15) is 9.59 Å². The van der Waals surface area contributed by atoms with Gasteiger partial charge in [-0.3, -0.25) is 9.59 Å². The Balaban J connectivity index is 1.78. The molecule has 9 heteroatoms. The van der Waals surface area contributed by atoms with Crippen LogP contribution in [0.5, 0.6) is 5.88 Å². The minimum atomic E-state index is -0.654. The Morgan fingerprint density at radius 1 is 1.24 bits per heavy atom. The first-order chi connectivity index (χ1) is 18.2. The first kappa shape index (κ1) is 27.3. The van der Waals surface area contributed by atoms with Gasteiger partial charge in [0.05, 0.1) is 17.8 Å². The molecular weight excluding hydrogens is 507 g/mol. The fourth-order valence-corrected chi connectivity index (χ4v) is 5.24. The Bertz CT molecular complexity index is 1450. The molecule has 1 aliphatic carbocycles. The number of likely N-dealkylation sites (N-methyl/N-ethyl adjacent to an activating group) is 1. The molecule has 4 rings (SSSR count). The van der Waals surface area contributed by atoms with Crippen LogP contribution in [0.4, 0.5) is 10.1 Å². The minimum Gasteiger partial charge on any atom is -0.481 e. The number of carbonyl (C=O) groups is 2. The number of fused-ring (bicyclic) bond motifs is 1. The zero-order valence-electron chi connectivity index (χ0n) is 21.7. The molecule has 3 aromatic rings. The number of hydrogen-bond donors (Lipinski definition) is 3. The smallest absolute Gasteiger partial charge is 0.260 e. The third kappa shape index (κ3) is 5.01. The van der Waals surface area contributed by atoms with Crippen molar-refractivity contribution in [3.05, 3.63) is 75.6 Å². The van der Waals surface area contributed by atoms with Gasteiger partial charge in [0, 0.05) is 41.5 Å². The van der Waals surface area contributed by atoms with Gasteiger partial charge < -0.3 is 21.1 Å². The van der Waals surface area contributed by atoms with Crippen molar-refractivity contribution in [3.63, 3.8) is 0 Å². The van der Waals surface area contributed by atoms with Crippen LogP contribution in [-0.4, -0.2) is 37.5 Å². The number of rotatable bonds is 7. The number of aromatic nitrogens is 1. The lowest BCUT2D eigenvalue weighted by Crippen LogP contribution is -2.29. The van der Waals surface area contributed by atoms with Crippen molar-refractivity contribution in [1.29, 1.82) is 0 Å². The molecule has 0 saturated carbocycles. The SMILES string of the molecule is CNC(=O)/C(=C\CN)C(=O)Nc1ccc(F)c(-c2cccc(-c3cc4c(c(OC)n3)C(C)CC4)c2Cl)c1C. The van der Waals surface area contributed by atoms with Crippen LogP contribution in [0.2, 0.25) is 5.02 Å². The summed E-state index contributed by atoms with van der Waals surface area (Å²) in [6.45, 7) is 3.85. The van der Waals surface area contributed by atoms with E-state index in [4.69, 9.17) is 27.1 Å². The molecule has 2 amide bonds. The number of hydrogen-bond acceptors (Lipinski definition) is 5. The lowest BCUT2D eigenvalue weighted by molar-refractivity contribution is -0.121. The van der Waals surface area contributed by atoms with Gasteiger partial charge in [-0.25, -0.2) is 9.37 Å². The van der Waals surface area contributed by atoms with E-state index in [1.807, 2.05) is 12.1 Å². The average Bonchev–Trinajstić information content (AvgIpc) is 3.29. The number of ether oxygens (including phenoxy) is 1. The lowest BCUT2D eigenvalue weighted by atomic mass is 9.95. The largest absolute Gasteiger partial charge is 0.481 e. The van der Waals surface area contributed by atoms with Gasteiger partial charge in [-0.05, 0) is 55.0 Å². The Morgan fingerprint density at radius 3 is 2.66 bits per heavy atom. The lowest BCUT2D eigenvalue weighted by Gasteiger charge is -2.17. The first-order valence-electron chi connectivity index (χ1n) is 12.3. The zero-order chi connectivity index (χ0) is 27.6. The summed E-state index contributed by atoms with van der Waals surface area (Å²) in [5.41, 5.74) is 10.5. The van der Waals surface area contributed by atoms with E-state index in [0.717, 1.165) is 18.4 Å². The van der Waals surface area contributed by atoms with Gasteiger partial charge in [0.15, 0.2) is 0 Å². The number of pyridine rings is 1. The summed E-state index contributed by atoms with van der Waals surface area (Å²) in [4.78, 5) is 29.7. The summed E-state index contributed by atoms with van der Waals surface area (Å²) in [6.07, 6.45) is 3.27. The highest BCUT2D eigenvalue weighted by Crippen LogP contribution is 2.44. The van der Waals surface area contributed by atoms with Crippen LogP contribution in [-0.2, 0) is 16.0 Å². The molecule has 2 aromatic carbocycles. The molecule has 1 heterocycles. The number of nitrogens with two attached hydrogens (primary N) is 1. The summed E-state index contributed by atoms with van der Waals surface area (Å²) in [7, 11) is 3.02. The van der Waals surface area contributed by atoms with Crippen LogP contribution in [0.3, 0.4) is 0 Å². The van der Waals surface area contributed by atoms with Crippen LogP contribution in [0.25, 0.3) is 22.4 Å². The Kier molecular flexibility index (Phi) is 8.14. The average molecular weight is 537 g/mol. The van der Waals surface area contributed by atoms with E-state index in [1.165, 1.54) is 30.8 Å². The number of anilines is 1. The third-order valence-electron chi connectivity index (χ3n) is 6.89. The van der Waals surface area contributed by atoms with E-state index in [2.05, 4.69) is 17.6 Å². The second-order valence-electron chi connectivity index (χ2n) is 9.18. The molecule has 1 unspecified atom stereocenters. The van der Waals surface area contributed by atoms with Crippen LogP contribution in [0.1, 0.15) is 36.0 Å². The van der Waals surface area contributed by atoms with E-state index in [1.54, 1.807) is 26.2 Å². The number of halogens is 2. The van der Waals surface area contributed by atoms with E-state index in [-0.39, 0.29) is 17.7 Å². The normalized spacial score (nSPS) is 14.7. The van der Waals surface area contributed by atoms with Crippen LogP contribution < -0.4 is 21.1 Å². The Hall–Kier alpha value is -3.75. The summed E-state index contributed by atoms with van der Waals surface area (Å²) in [5.74, 6) is -0.790. The minimum absolute atomic E-state index is 0.00660. The molecule has 4 N–H and O–H groups in total.